The van der Waals surface area contributed by atoms with Crippen molar-refractivity contribution in [2.24, 2.45) is 0 Å². The number of ether oxygens (including phenoxy) is 1. The molecular formula is C16H13F6N3O2. The largest absolute Gasteiger partial charge is 0.573 e. The fourth-order valence-corrected chi connectivity index (χ4v) is 2.08. The van der Waals surface area contributed by atoms with Crippen LogP contribution < -0.4 is 10.1 Å². The van der Waals surface area contributed by atoms with Crippen LogP contribution in [0.2, 0.25) is 0 Å². The van der Waals surface area contributed by atoms with Gasteiger partial charge in [0.05, 0.1) is 0 Å². The van der Waals surface area contributed by atoms with Gasteiger partial charge in [-0.05, 0) is 37.3 Å². The third-order valence-electron chi connectivity index (χ3n) is 3.18. The number of halogens is 6. The molecule has 5 nitrogen and oxygen atoms in total. The molecule has 0 fully saturated rings. The van der Waals surface area contributed by atoms with Gasteiger partial charge in [0, 0.05) is 24.2 Å². The number of nitrogens with one attached hydrogen (secondary N) is 1. The lowest BCUT2D eigenvalue weighted by atomic mass is 10.2. The maximum absolute atomic E-state index is 12.7. The fourth-order valence-electron chi connectivity index (χ4n) is 2.08. The second-order valence-electron chi connectivity index (χ2n) is 5.39. The highest BCUT2D eigenvalue weighted by molar-refractivity contribution is 5.94. The minimum atomic E-state index is -4.84. The van der Waals surface area contributed by atoms with Crippen LogP contribution in [0.3, 0.4) is 0 Å². The van der Waals surface area contributed by atoms with Crippen molar-refractivity contribution in [2.75, 3.05) is 6.54 Å². The Balaban J connectivity index is 1.94. The van der Waals surface area contributed by atoms with Crippen LogP contribution in [-0.2, 0) is 12.6 Å². The number of benzene rings is 1. The van der Waals surface area contributed by atoms with E-state index in [1.165, 1.54) is 6.92 Å². The van der Waals surface area contributed by atoms with E-state index >= 15 is 0 Å². The zero-order valence-corrected chi connectivity index (χ0v) is 13.8. The van der Waals surface area contributed by atoms with E-state index in [0.717, 1.165) is 30.3 Å². The second kappa shape index (κ2) is 7.80. The van der Waals surface area contributed by atoms with Gasteiger partial charge in [-0.1, -0.05) is 0 Å². The van der Waals surface area contributed by atoms with Gasteiger partial charge in [-0.3, -0.25) is 4.79 Å². The summed E-state index contributed by atoms with van der Waals surface area (Å²) in [5.41, 5.74) is -0.874. The first kappa shape index (κ1) is 20.5. The summed E-state index contributed by atoms with van der Waals surface area (Å²) >= 11 is 0. The van der Waals surface area contributed by atoms with Crippen LogP contribution in [0, 0.1) is 6.92 Å². The molecule has 1 aromatic carbocycles. The van der Waals surface area contributed by atoms with Crippen LogP contribution in [0.15, 0.2) is 30.3 Å². The molecule has 27 heavy (non-hydrogen) atoms. The molecule has 1 amide bonds. The lowest BCUT2D eigenvalue weighted by Gasteiger charge is -2.10. The van der Waals surface area contributed by atoms with E-state index in [1.807, 2.05) is 0 Å². The first-order valence-corrected chi connectivity index (χ1v) is 7.50. The summed E-state index contributed by atoms with van der Waals surface area (Å²) in [5.74, 6) is -1.18. The molecule has 1 aromatic heterocycles. The Bertz CT molecular complexity index is 803. The Morgan fingerprint density at radius 3 is 2.26 bits per heavy atom. The number of aromatic nitrogens is 2. The number of aryl methyl sites for hydroxylation is 1. The van der Waals surface area contributed by atoms with E-state index in [1.54, 1.807) is 0 Å². The zero-order chi connectivity index (χ0) is 20.2. The van der Waals surface area contributed by atoms with Crippen LogP contribution in [0.25, 0.3) is 0 Å². The van der Waals surface area contributed by atoms with Gasteiger partial charge in [-0.25, -0.2) is 9.97 Å². The summed E-state index contributed by atoms with van der Waals surface area (Å²) in [4.78, 5) is 19.2. The standard InChI is InChI=1S/C16H13F6N3O2/c1-9-8-12(15(17,18)19)25-13(24-9)6-7-23-14(26)10-2-4-11(5-3-10)27-16(20,21)22/h2-5,8H,6-7H2,1H3,(H,23,26). The maximum atomic E-state index is 12.7. The van der Waals surface area contributed by atoms with Crippen molar-refractivity contribution in [2.45, 2.75) is 25.9 Å². The predicted molar refractivity (Wildman–Crippen MR) is 80.9 cm³/mol. The molecule has 0 aliphatic heterocycles. The van der Waals surface area contributed by atoms with Gasteiger partial charge in [0.1, 0.15) is 17.3 Å². The van der Waals surface area contributed by atoms with Gasteiger partial charge in [-0.2, -0.15) is 13.2 Å². The number of nitrogens with zero attached hydrogens (tertiary/aromatic N) is 2. The van der Waals surface area contributed by atoms with E-state index in [0.29, 0.717) is 0 Å². The number of carbonyl (C=O) groups is 1. The molecule has 146 valence electrons. The fraction of sp³-hybridized carbons (Fsp3) is 0.312. The molecular weight excluding hydrogens is 380 g/mol. The van der Waals surface area contributed by atoms with Crippen molar-refractivity contribution in [3.63, 3.8) is 0 Å². The van der Waals surface area contributed by atoms with Gasteiger partial charge in [0.15, 0.2) is 0 Å². The smallest absolute Gasteiger partial charge is 0.406 e. The number of hydrogen-bond acceptors (Lipinski definition) is 4. The minimum absolute atomic E-state index is 0.0498. The molecule has 0 bridgehead atoms. The van der Waals surface area contributed by atoms with Crippen molar-refractivity contribution in [3.05, 3.63) is 53.1 Å². The van der Waals surface area contributed by atoms with Crippen LogP contribution in [0.1, 0.15) is 27.6 Å². The van der Waals surface area contributed by atoms with E-state index in [9.17, 15) is 31.1 Å². The van der Waals surface area contributed by atoms with Crippen LogP contribution >= 0.6 is 0 Å². The lowest BCUT2D eigenvalue weighted by molar-refractivity contribution is -0.274. The quantitative estimate of drug-likeness (QED) is 0.788. The highest BCUT2D eigenvalue weighted by Crippen LogP contribution is 2.27. The molecule has 2 aromatic rings. The highest BCUT2D eigenvalue weighted by atomic mass is 19.4. The molecule has 0 saturated carbocycles. The molecule has 1 N–H and O–H groups in total. The summed E-state index contributed by atoms with van der Waals surface area (Å²) in [5, 5.41) is 2.43. The number of alkyl halides is 6. The summed E-state index contributed by atoms with van der Waals surface area (Å²) in [6.45, 7) is 1.34. The first-order valence-electron chi connectivity index (χ1n) is 7.50. The first-order chi connectivity index (χ1) is 12.4. The van der Waals surface area contributed by atoms with Gasteiger partial charge in [-0.15, -0.1) is 13.2 Å². The van der Waals surface area contributed by atoms with E-state index in [4.69, 9.17) is 0 Å². The summed E-state index contributed by atoms with van der Waals surface area (Å²) < 4.78 is 78.1. The molecule has 0 aliphatic carbocycles. The Hall–Kier alpha value is -2.85. The van der Waals surface area contributed by atoms with Crippen molar-refractivity contribution in [3.8, 4) is 5.75 Å². The van der Waals surface area contributed by atoms with Crippen LogP contribution in [0.5, 0.6) is 5.75 Å². The van der Waals surface area contributed by atoms with Crippen molar-refractivity contribution in [1.82, 2.24) is 15.3 Å². The van der Waals surface area contributed by atoms with Crippen molar-refractivity contribution < 1.29 is 35.9 Å². The third kappa shape index (κ3) is 6.42. The van der Waals surface area contributed by atoms with E-state index in [2.05, 4.69) is 20.0 Å². The molecule has 0 radical (unpaired) electrons. The molecule has 0 unspecified atom stereocenters. The zero-order valence-electron chi connectivity index (χ0n) is 13.8. The molecule has 1 heterocycles. The SMILES string of the molecule is Cc1cc(C(F)(F)F)nc(CCNC(=O)c2ccc(OC(F)(F)F)cc2)n1. The minimum Gasteiger partial charge on any atom is -0.406 e. The topological polar surface area (TPSA) is 64.1 Å². The van der Waals surface area contributed by atoms with E-state index < -0.39 is 29.9 Å². The van der Waals surface area contributed by atoms with Crippen LogP contribution in [-0.4, -0.2) is 28.8 Å². The molecule has 0 saturated heterocycles. The van der Waals surface area contributed by atoms with Gasteiger partial charge in [0.2, 0.25) is 0 Å². The Labute approximate surface area is 149 Å². The number of carbonyl (C=O) groups excluding carboxylic acids is 1. The Morgan fingerprint density at radius 1 is 1.07 bits per heavy atom. The normalized spacial score (nSPS) is 12.0. The van der Waals surface area contributed by atoms with Gasteiger partial charge >= 0.3 is 12.5 Å². The average Bonchev–Trinajstić information content (AvgIpc) is 2.52. The number of hydrogen-bond donors (Lipinski definition) is 1. The molecule has 2 rings (SSSR count). The molecule has 11 heteroatoms. The highest BCUT2D eigenvalue weighted by Gasteiger charge is 2.33. The Kier molecular flexibility index (Phi) is 5.91. The number of amides is 1. The molecule has 0 spiro atoms. The summed E-state index contributed by atoms with van der Waals surface area (Å²) in [6, 6.07) is 5.01. The van der Waals surface area contributed by atoms with Crippen LogP contribution in [0.4, 0.5) is 26.3 Å². The predicted octanol–water partition coefficient (Wildman–Crippen LogP) is 3.67. The summed E-state index contributed by atoms with van der Waals surface area (Å²) in [7, 11) is 0. The Morgan fingerprint density at radius 2 is 1.70 bits per heavy atom. The van der Waals surface area contributed by atoms with Gasteiger partial charge in [0.25, 0.3) is 5.91 Å². The lowest BCUT2D eigenvalue weighted by Crippen LogP contribution is -2.26. The van der Waals surface area contributed by atoms with E-state index in [-0.39, 0.29) is 30.0 Å². The molecule has 0 aliphatic rings. The number of rotatable bonds is 5. The van der Waals surface area contributed by atoms with Gasteiger partial charge < -0.3 is 10.1 Å². The third-order valence-corrected chi connectivity index (χ3v) is 3.18. The summed E-state index contributed by atoms with van der Waals surface area (Å²) in [6.07, 6.45) is -9.50. The average molecular weight is 393 g/mol. The maximum Gasteiger partial charge on any atom is 0.573 e. The molecule has 0 atom stereocenters. The second-order valence-corrected chi connectivity index (χ2v) is 5.39. The van der Waals surface area contributed by atoms with Crippen molar-refractivity contribution >= 4 is 5.91 Å². The van der Waals surface area contributed by atoms with Crippen molar-refractivity contribution in [1.29, 1.82) is 0 Å². The monoisotopic (exact) mass is 393 g/mol.